The molecule has 3 aliphatic rings. The van der Waals surface area contributed by atoms with Gasteiger partial charge in [-0.05, 0) is 38.2 Å². The van der Waals surface area contributed by atoms with E-state index in [1.165, 1.54) is 5.56 Å². The third-order valence-electron chi connectivity index (χ3n) is 7.03. The summed E-state index contributed by atoms with van der Waals surface area (Å²) in [6, 6.07) is 11.2. The number of carbonyl (C=O) groups excluding carboxylic acids is 2. The summed E-state index contributed by atoms with van der Waals surface area (Å²) in [6.07, 6.45) is 3.66. The molecule has 0 aliphatic carbocycles. The predicted octanol–water partition coefficient (Wildman–Crippen LogP) is 2.89. The minimum absolute atomic E-state index is 0.0982. The monoisotopic (exact) mass is 429 g/mol. The number of fused-ring (bicyclic) bond motifs is 2. The number of amides is 2. The van der Waals surface area contributed by atoms with Gasteiger partial charge in [-0.25, -0.2) is 4.79 Å². The van der Waals surface area contributed by atoms with Gasteiger partial charge in [0.25, 0.3) is 0 Å². The van der Waals surface area contributed by atoms with Crippen LogP contribution in [0.25, 0.3) is 0 Å². The molecule has 1 aromatic carbocycles. The van der Waals surface area contributed by atoms with Crippen LogP contribution in [-0.2, 0) is 20.8 Å². The van der Waals surface area contributed by atoms with Crippen LogP contribution in [0.15, 0.2) is 30.3 Å². The quantitative estimate of drug-likeness (QED) is 0.720. The molecule has 2 amide bonds. The number of benzene rings is 1. The SMILES string of the molecule is CCOC(=O)N1C2COCC1CC(N1CCC(N(Cc3ccccc3)C(C)=O)CC1)C2. The van der Waals surface area contributed by atoms with Gasteiger partial charge in [-0.3, -0.25) is 9.69 Å². The van der Waals surface area contributed by atoms with Gasteiger partial charge in [-0.2, -0.15) is 0 Å². The number of morpholine rings is 1. The summed E-state index contributed by atoms with van der Waals surface area (Å²) in [5, 5.41) is 0. The molecule has 7 nitrogen and oxygen atoms in total. The Balaban J connectivity index is 1.34. The molecule has 170 valence electrons. The highest BCUT2D eigenvalue weighted by Crippen LogP contribution is 2.33. The van der Waals surface area contributed by atoms with Gasteiger partial charge in [-0.1, -0.05) is 30.3 Å². The molecule has 4 rings (SSSR count). The summed E-state index contributed by atoms with van der Waals surface area (Å²) in [4.78, 5) is 31.3. The van der Waals surface area contributed by atoms with Crippen LogP contribution in [0.1, 0.15) is 45.1 Å². The number of nitrogens with zero attached hydrogens (tertiary/aromatic N) is 3. The van der Waals surface area contributed by atoms with Gasteiger partial charge >= 0.3 is 6.09 Å². The summed E-state index contributed by atoms with van der Waals surface area (Å²) in [5.74, 6) is 0.150. The summed E-state index contributed by atoms with van der Waals surface area (Å²) >= 11 is 0. The molecule has 7 heteroatoms. The lowest BCUT2D eigenvalue weighted by Gasteiger charge is -2.51. The Bertz CT molecular complexity index is 736. The molecule has 0 radical (unpaired) electrons. The minimum atomic E-state index is -0.198. The molecule has 3 aliphatic heterocycles. The zero-order valence-corrected chi connectivity index (χ0v) is 18.7. The van der Waals surface area contributed by atoms with Crippen molar-refractivity contribution in [2.75, 3.05) is 32.9 Å². The molecule has 3 heterocycles. The molecule has 2 bridgehead atoms. The van der Waals surface area contributed by atoms with E-state index in [-0.39, 0.29) is 30.1 Å². The number of ether oxygens (including phenoxy) is 2. The van der Waals surface area contributed by atoms with Gasteiger partial charge in [-0.15, -0.1) is 0 Å². The first-order chi connectivity index (χ1) is 15.1. The van der Waals surface area contributed by atoms with Crippen LogP contribution in [0.5, 0.6) is 0 Å². The predicted molar refractivity (Wildman–Crippen MR) is 118 cm³/mol. The van der Waals surface area contributed by atoms with E-state index in [0.717, 1.165) is 38.8 Å². The number of hydrogen-bond acceptors (Lipinski definition) is 5. The van der Waals surface area contributed by atoms with Crippen LogP contribution in [0.2, 0.25) is 0 Å². The van der Waals surface area contributed by atoms with E-state index in [4.69, 9.17) is 9.47 Å². The van der Waals surface area contributed by atoms with E-state index in [1.54, 1.807) is 6.92 Å². The van der Waals surface area contributed by atoms with Crippen molar-refractivity contribution in [1.29, 1.82) is 0 Å². The molecule has 31 heavy (non-hydrogen) atoms. The smallest absolute Gasteiger partial charge is 0.410 e. The standard InChI is InChI=1S/C24H35N3O4/c1-3-31-24(29)27-22-13-21(14-23(27)17-30-16-22)25-11-9-20(10-12-25)26(18(2)28)15-19-7-5-4-6-8-19/h4-8,20-23H,3,9-17H2,1-2H3. The van der Waals surface area contributed by atoms with E-state index in [9.17, 15) is 9.59 Å². The first kappa shape index (κ1) is 22.1. The van der Waals surface area contributed by atoms with Crippen LogP contribution >= 0.6 is 0 Å². The van der Waals surface area contributed by atoms with Gasteiger partial charge in [0.05, 0.1) is 31.9 Å². The van der Waals surface area contributed by atoms with Crippen LogP contribution in [-0.4, -0.2) is 83.8 Å². The van der Waals surface area contributed by atoms with Gasteiger partial charge in [0.1, 0.15) is 0 Å². The maximum Gasteiger partial charge on any atom is 0.410 e. The normalized spacial score (nSPS) is 27.0. The third kappa shape index (κ3) is 5.04. The summed E-state index contributed by atoms with van der Waals surface area (Å²) in [5.41, 5.74) is 1.18. The van der Waals surface area contributed by atoms with Crippen LogP contribution in [0.4, 0.5) is 4.79 Å². The van der Waals surface area contributed by atoms with Gasteiger partial charge in [0.2, 0.25) is 5.91 Å². The Kier molecular flexibility index (Phi) is 7.13. The fourth-order valence-electron chi connectivity index (χ4n) is 5.52. The van der Waals surface area contributed by atoms with E-state index in [1.807, 2.05) is 34.9 Å². The van der Waals surface area contributed by atoms with Crippen LogP contribution < -0.4 is 0 Å². The second-order valence-corrected chi connectivity index (χ2v) is 8.98. The minimum Gasteiger partial charge on any atom is -0.450 e. The fraction of sp³-hybridized carbons (Fsp3) is 0.667. The Hall–Kier alpha value is -2.12. The molecule has 3 saturated heterocycles. The second kappa shape index (κ2) is 10.0. The molecule has 2 unspecified atom stereocenters. The molecule has 1 aromatic rings. The van der Waals surface area contributed by atoms with Gasteiger partial charge in [0.15, 0.2) is 0 Å². The lowest BCUT2D eigenvalue weighted by molar-refractivity contribution is -0.133. The molecular weight excluding hydrogens is 394 g/mol. The maximum atomic E-state index is 12.4. The Morgan fingerprint density at radius 1 is 1.06 bits per heavy atom. The van der Waals surface area contributed by atoms with E-state index in [2.05, 4.69) is 17.0 Å². The van der Waals surface area contributed by atoms with Gasteiger partial charge in [0, 0.05) is 38.6 Å². The van der Waals surface area contributed by atoms with Crippen molar-refractivity contribution >= 4 is 12.0 Å². The highest BCUT2D eigenvalue weighted by Gasteiger charge is 2.44. The summed E-state index contributed by atoms with van der Waals surface area (Å²) in [6.45, 7) is 7.80. The zero-order valence-electron chi connectivity index (χ0n) is 18.7. The van der Waals surface area contributed by atoms with Crippen molar-refractivity contribution < 1.29 is 19.1 Å². The number of carbonyl (C=O) groups is 2. The Morgan fingerprint density at radius 3 is 2.29 bits per heavy atom. The number of piperidine rings is 2. The van der Waals surface area contributed by atoms with Crippen LogP contribution in [0.3, 0.4) is 0 Å². The van der Waals surface area contributed by atoms with E-state index < -0.39 is 0 Å². The largest absolute Gasteiger partial charge is 0.450 e. The average Bonchev–Trinajstić information content (AvgIpc) is 2.77. The summed E-state index contributed by atoms with van der Waals surface area (Å²) in [7, 11) is 0. The second-order valence-electron chi connectivity index (χ2n) is 8.98. The number of rotatable bonds is 5. The number of likely N-dealkylation sites (tertiary alicyclic amines) is 1. The van der Waals surface area contributed by atoms with E-state index >= 15 is 0 Å². The Labute approximate surface area is 185 Å². The first-order valence-electron chi connectivity index (χ1n) is 11.6. The molecular formula is C24H35N3O4. The van der Waals surface area contributed by atoms with Gasteiger partial charge < -0.3 is 19.3 Å². The van der Waals surface area contributed by atoms with Crippen molar-refractivity contribution in [3.63, 3.8) is 0 Å². The molecule has 0 aromatic heterocycles. The Morgan fingerprint density at radius 2 is 1.71 bits per heavy atom. The van der Waals surface area contributed by atoms with E-state index in [0.29, 0.717) is 32.4 Å². The lowest BCUT2D eigenvalue weighted by Crippen LogP contribution is -2.63. The molecule has 3 fully saturated rings. The van der Waals surface area contributed by atoms with Crippen molar-refractivity contribution in [2.24, 2.45) is 0 Å². The zero-order chi connectivity index (χ0) is 21.8. The molecule has 0 saturated carbocycles. The fourth-order valence-corrected chi connectivity index (χ4v) is 5.52. The molecule has 0 spiro atoms. The third-order valence-corrected chi connectivity index (χ3v) is 7.03. The molecule has 0 N–H and O–H groups in total. The number of hydrogen-bond donors (Lipinski definition) is 0. The first-order valence-corrected chi connectivity index (χ1v) is 11.6. The topological polar surface area (TPSA) is 62.3 Å². The van der Waals surface area contributed by atoms with Crippen molar-refractivity contribution in [3.05, 3.63) is 35.9 Å². The van der Waals surface area contributed by atoms with Crippen LogP contribution in [0, 0.1) is 0 Å². The highest BCUT2D eigenvalue weighted by atomic mass is 16.6. The van der Waals surface area contributed by atoms with Crippen molar-refractivity contribution in [2.45, 2.75) is 70.2 Å². The molecule has 2 atom stereocenters. The maximum absolute atomic E-state index is 12.4. The lowest BCUT2D eigenvalue weighted by atomic mass is 9.88. The summed E-state index contributed by atoms with van der Waals surface area (Å²) < 4.78 is 11.0. The average molecular weight is 430 g/mol. The van der Waals surface area contributed by atoms with Crippen molar-refractivity contribution in [1.82, 2.24) is 14.7 Å². The van der Waals surface area contributed by atoms with Crippen molar-refractivity contribution in [3.8, 4) is 0 Å². The highest BCUT2D eigenvalue weighted by molar-refractivity contribution is 5.73.